The predicted molar refractivity (Wildman–Crippen MR) is 66.3 cm³/mol. The molecular formula is C12H22N2O4. The largest absolute Gasteiger partial charge is 0.479 e. The number of likely N-dealkylation sites (tertiary alicyclic amines) is 1. The van der Waals surface area contributed by atoms with Crippen LogP contribution < -0.4 is 5.32 Å². The van der Waals surface area contributed by atoms with E-state index in [0.717, 1.165) is 19.3 Å². The van der Waals surface area contributed by atoms with Crippen LogP contribution in [0.25, 0.3) is 0 Å². The number of piperidine rings is 1. The van der Waals surface area contributed by atoms with Gasteiger partial charge in [0.25, 0.3) is 0 Å². The minimum absolute atomic E-state index is 0.0255. The molecule has 1 fully saturated rings. The van der Waals surface area contributed by atoms with Gasteiger partial charge in [-0.25, -0.2) is 9.59 Å². The molecular weight excluding hydrogens is 236 g/mol. The number of carbonyl (C=O) groups is 2. The minimum Gasteiger partial charge on any atom is -0.479 e. The maximum absolute atomic E-state index is 12.0. The Morgan fingerprint density at radius 2 is 1.89 bits per heavy atom. The van der Waals surface area contributed by atoms with E-state index in [-0.39, 0.29) is 31.1 Å². The van der Waals surface area contributed by atoms with Crippen LogP contribution in [0.3, 0.4) is 0 Å². The fraction of sp³-hybridized carbons (Fsp3) is 0.833. The summed E-state index contributed by atoms with van der Waals surface area (Å²) < 4.78 is 0. The normalized spacial score (nSPS) is 25.6. The first-order valence-corrected chi connectivity index (χ1v) is 6.40. The van der Waals surface area contributed by atoms with E-state index < -0.39 is 12.1 Å². The lowest BCUT2D eigenvalue weighted by atomic mass is 9.98. The van der Waals surface area contributed by atoms with Crippen LogP contribution in [0.2, 0.25) is 0 Å². The van der Waals surface area contributed by atoms with Gasteiger partial charge in [0.2, 0.25) is 0 Å². The first kappa shape index (κ1) is 14.8. The molecule has 1 saturated heterocycles. The van der Waals surface area contributed by atoms with Gasteiger partial charge in [-0.2, -0.15) is 0 Å². The lowest BCUT2D eigenvalue weighted by Gasteiger charge is -2.38. The molecule has 0 spiro atoms. The van der Waals surface area contributed by atoms with Crippen molar-refractivity contribution >= 4 is 12.0 Å². The lowest BCUT2D eigenvalue weighted by Crippen LogP contribution is -2.52. The molecule has 1 aliphatic heterocycles. The monoisotopic (exact) mass is 258 g/mol. The van der Waals surface area contributed by atoms with Crippen molar-refractivity contribution in [2.24, 2.45) is 0 Å². The number of rotatable bonds is 4. The third-order valence-electron chi connectivity index (χ3n) is 3.41. The van der Waals surface area contributed by atoms with Crippen LogP contribution in [0.15, 0.2) is 0 Å². The second kappa shape index (κ2) is 6.58. The van der Waals surface area contributed by atoms with E-state index >= 15 is 0 Å². The standard InChI is InChI=1S/C12H22N2O4/c1-8-4-3-5-9(2)14(8)12(18)13-7-6-10(15)11(16)17/h8-10,15H,3-7H2,1-2H3,(H,13,18)(H,16,17)/t8-,9+,10-/m0/s1. The average Bonchev–Trinajstić information content (AvgIpc) is 2.28. The maximum atomic E-state index is 12.0. The molecule has 0 aliphatic carbocycles. The molecule has 18 heavy (non-hydrogen) atoms. The quantitative estimate of drug-likeness (QED) is 0.695. The van der Waals surface area contributed by atoms with Gasteiger partial charge in [-0.1, -0.05) is 0 Å². The van der Waals surface area contributed by atoms with Gasteiger partial charge in [0, 0.05) is 25.0 Å². The predicted octanol–water partition coefficient (Wildman–Crippen LogP) is 0.794. The third kappa shape index (κ3) is 3.87. The van der Waals surface area contributed by atoms with E-state index in [0.29, 0.717) is 0 Å². The zero-order chi connectivity index (χ0) is 13.7. The minimum atomic E-state index is -1.42. The molecule has 1 rings (SSSR count). The van der Waals surface area contributed by atoms with Gasteiger partial charge in [0.05, 0.1) is 0 Å². The van der Waals surface area contributed by atoms with Gasteiger partial charge in [-0.3, -0.25) is 0 Å². The summed E-state index contributed by atoms with van der Waals surface area (Å²) in [4.78, 5) is 24.2. The molecule has 0 bridgehead atoms. The lowest BCUT2D eigenvalue weighted by molar-refractivity contribution is -0.146. The number of hydrogen-bond acceptors (Lipinski definition) is 3. The molecule has 2 amide bonds. The highest BCUT2D eigenvalue weighted by Crippen LogP contribution is 2.22. The summed E-state index contributed by atoms with van der Waals surface area (Å²) in [5.41, 5.74) is 0. The van der Waals surface area contributed by atoms with Crippen molar-refractivity contribution in [2.75, 3.05) is 6.54 Å². The number of nitrogens with zero attached hydrogens (tertiary/aromatic N) is 1. The van der Waals surface area contributed by atoms with Crippen molar-refractivity contribution < 1.29 is 19.8 Å². The summed E-state index contributed by atoms with van der Waals surface area (Å²) >= 11 is 0. The summed E-state index contributed by atoms with van der Waals surface area (Å²) in [5, 5.41) is 20.3. The van der Waals surface area contributed by atoms with Crippen LogP contribution in [0.1, 0.15) is 39.5 Å². The van der Waals surface area contributed by atoms with Crippen molar-refractivity contribution in [3.8, 4) is 0 Å². The number of carbonyl (C=O) groups excluding carboxylic acids is 1. The molecule has 3 atom stereocenters. The van der Waals surface area contributed by atoms with Gasteiger partial charge in [-0.15, -0.1) is 0 Å². The van der Waals surface area contributed by atoms with Crippen LogP contribution in [0.5, 0.6) is 0 Å². The van der Waals surface area contributed by atoms with Crippen molar-refractivity contribution in [1.82, 2.24) is 10.2 Å². The summed E-state index contributed by atoms with van der Waals surface area (Å²) in [6, 6.07) is 0.239. The van der Waals surface area contributed by atoms with E-state index in [1.165, 1.54) is 0 Å². The van der Waals surface area contributed by atoms with Crippen molar-refractivity contribution in [3.05, 3.63) is 0 Å². The van der Waals surface area contributed by atoms with Gasteiger partial charge in [0.15, 0.2) is 6.10 Å². The van der Waals surface area contributed by atoms with E-state index in [9.17, 15) is 9.59 Å². The van der Waals surface area contributed by atoms with Crippen molar-refractivity contribution in [2.45, 2.75) is 57.7 Å². The molecule has 3 N–H and O–H groups in total. The molecule has 104 valence electrons. The fourth-order valence-electron chi connectivity index (χ4n) is 2.35. The highest BCUT2D eigenvalue weighted by molar-refractivity contribution is 5.75. The summed E-state index contributed by atoms with van der Waals surface area (Å²) in [6.07, 6.45) is 1.73. The molecule has 0 aromatic rings. The molecule has 0 unspecified atom stereocenters. The highest BCUT2D eigenvalue weighted by atomic mass is 16.4. The van der Waals surface area contributed by atoms with E-state index in [4.69, 9.17) is 10.2 Å². The number of urea groups is 1. The van der Waals surface area contributed by atoms with Crippen LogP contribution in [0, 0.1) is 0 Å². The number of aliphatic carboxylic acids is 1. The van der Waals surface area contributed by atoms with Crippen LogP contribution in [0.4, 0.5) is 4.79 Å². The van der Waals surface area contributed by atoms with Gasteiger partial charge >= 0.3 is 12.0 Å². The van der Waals surface area contributed by atoms with Crippen LogP contribution in [-0.2, 0) is 4.79 Å². The van der Waals surface area contributed by atoms with Crippen molar-refractivity contribution in [1.29, 1.82) is 0 Å². The second-order valence-corrected chi connectivity index (χ2v) is 4.91. The van der Waals surface area contributed by atoms with E-state index in [1.54, 1.807) is 4.90 Å². The molecule has 0 radical (unpaired) electrons. The number of nitrogens with one attached hydrogen (secondary N) is 1. The smallest absolute Gasteiger partial charge is 0.332 e. The average molecular weight is 258 g/mol. The summed E-state index contributed by atoms with van der Waals surface area (Å²) in [6.45, 7) is 4.20. The molecule has 0 aromatic heterocycles. The summed E-state index contributed by atoms with van der Waals surface area (Å²) in [7, 11) is 0. The highest BCUT2D eigenvalue weighted by Gasteiger charge is 2.28. The molecule has 0 aromatic carbocycles. The zero-order valence-corrected chi connectivity index (χ0v) is 10.9. The van der Waals surface area contributed by atoms with E-state index in [2.05, 4.69) is 5.32 Å². The number of aliphatic hydroxyl groups is 1. The first-order valence-electron chi connectivity index (χ1n) is 6.40. The maximum Gasteiger partial charge on any atom is 0.332 e. The molecule has 1 aliphatic rings. The number of aliphatic hydroxyl groups excluding tert-OH is 1. The Balaban J connectivity index is 2.37. The molecule has 6 nitrogen and oxygen atoms in total. The van der Waals surface area contributed by atoms with E-state index in [1.807, 2.05) is 13.8 Å². The van der Waals surface area contributed by atoms with Crippen LogP contribution in [-0.4, -0.2) is 51.8 Å². The third-order valence-corrected chi connectivity index (χ3v) is 3.41. The zero-order valence-electron chi connectivity index (χ0n) is 10.9. The number of amides is 2. The Labute approximate surface area is 107 Å². The molecule has 0 saturated carbocycles. The SMILES string of the molecule is C[C@@H]1CCC[C@H](C)N1C(=O)NCC[C@H](O)C(=O)O. The Kier molecular flexibility index (Phi) is 5.40. The molecule has 6 heteroatoms. The molecule has 1 heterocycles. The summed E-state index contributed by atoms with van der Waals surface area (Å²) in [5.74, 6) is -1.26. The number of hydrogen-bond donors (Lipinski definition) is 3. The Bertz CT molecular complexity index is 298. The Morgan fingerprint density at radius 1 is 1.33 bits per heavy atom. The fourth-order valence-corrected chi connectivity index (χ4v) is 2.35. The Hall–Kier alpha value is -1.30. The first-order chi connectivity index (χ1) is 8.43. The topological polar surface area (TPSA) is 89.9 Å². The van der Waals surface area contributed by atoms with Gasteiger partial charge in [-0.05, 0) is 33.1 Å². The Morgan fingerprint density at radius 3 is 2.39 bits per heavy atom. The number of carboxylic acids is 1. The van der Waals surface area contributed by atoms with Gasteiger partial charge in [0.1, 0.15) is 0 Å². The van der Waals surface area contributed by atoms with Gasteiger partial charge < -0.3 is 20.4 Å². The number of carboxylic acid groups (broad SMARTS) is 1. The van der Waals surface area contributed by atoms with Crippen molar-refractivity contribution in [3.63, 3.8) is 0 Å². The second-order valence-electron chi connectivity index (χ2n) is 4.91. The van der Waals surface area contributed by atoms with Crippen LogP contribution >= 0.6 is 0 Å².